The highest BCUT2D eigenvalue weighted by atomic mass is 32.2. The van der Waals surface area contributed by atoms with Crippen LogP contribution in [0.2, 0.25) is 0 Å². The minimum Gasteiger partial charge on any atom is -0.467 e. The molecule has 0 aromatic heterocycles. The van der Waals surface area contributed by atoms with Crippen LogP contribution in [0.1, 0.15) is 20.3 Å². The first-order valence-electron chi connectivity index (χ1n) is 6.86. The Morgan fingerprint density at radius 2 is 2.09 bits per heavy atom. The van der Waals surface area contributed by atoms with E-state index in [2.05, 4.69) is 0 Å². The van der Waals surface area contributed by atoms with Crippen molar-refractivity contribution in [3.63, 3.8) is 0 Å². The minimum absolute atomic E-state index is 0.0615. The molecule has 0 aromatic carbocycles. The SMILES string of the molecule is COC(=O)C1C=CCN2C(=O)C(C)(CCSC(C)=O)C(=O)N12. The molecule has 1 saturated heterocycles. The van der Waals surface area contributed by atoms with Crippen LogP contribution < -0.4 is 0 Å². The molecule has 2 heterocycles. The number of ether oxygens (including phenoxy) is 1. The van der Waals surface area contributed by atoms with Crippen LogP contribution in [-0.4, -0.2) is 58.4 Å². The van der Waals surface area contributed by atoms with Crippen LogP contribution in [0.3, 0.4) is 0 Å². The number of carbonyl (C=O) groups excluding carboxylic acids is 4. The second kappa shape index (κ2) is 6.12. The number of hydrogen-bond acceptors (Lipinski definition) is 6. The molecule has 0 spiro atoms. The molecule has 22 heavy (non-hydrogen) atoms. The lowest BCUT2D eigenvalue weighted by atomic mass is 9.86. The average molecular weight is 326 g/mol. The number of carbonyl (C=O) groups is 4. The van der Waals surface area contributed by atoms with Gasteiger partial charge in [0.2, 0.25) is 0 Å². The molecule has 2 aliphatic heterocycles. The third-order valence-electron chi connectivity index (χ3n) is 3.86. The lowest BCUT2D eigenvalue weighted by Gasteiger charge is -2.33. The molecule has 2 aliphatic rings. The number of hydrogen-bond donors (Lipinski definition) is 0. The molecule has 0 radical (unpaired) electrons. The fourth-order valence-electron chi connectivity index (χ4n) is 2.57. The summed E-state index contributed by atoms with van der Waals surface area (Å²) in [6.07, 6.45) is 3.47. The van der Waals surface area contributed by atoms with E-state index in [-0.39, 0.29) is 24.0 Å². The van der Waals surface area contributed by atoms with Gasteiger partial charge in [-0.05, 0) is 13.3 Å². The fraction of sp³-hybridized carbons (Fsp3) is 0.571. The van der Waals surface area contributed by atoms with Crippen LogP contribution in [0, 0.1) is 5.41 Å². The van der Waals surface area contributed by atoms with E-state index >= 15 is 0 Å². The van der Waals surface area contributed by atoms with Crippen molar-refractivity contribution in [3.8, 4) is 0 Å². The van der Waals surface area contributed by atoms with Crippen molar-refractivity contribution in [1.29, 1.82) is 0 Å². The van der Waals surface area contributed by atoms with Gasteiger partial charge in [-0.1, -0.05) is 23.9 Å². The Morgan fingerprint density at radius 3 is 2.68 bits per heavy atom. The van der Waals surface area contributed by atoms with Gasteiger partial charge in [0.1, 0.15) is 5.41 Å². The normalized spacial score (nSPS) is 27.1. The maximum Gasteiger partial charge on any atom is 0.334 e. The van der Waals surface area contributed by atoms with Gasteiger partial charge >= 0.3 is 5.97 Å². The minimum atomic E-state index is -1.25. The second-order valence-electron chi connectivity index (χ2n) is 5.36. The van der Waals surface area contributed by atoms with Crippen LogP contribution in [0.4, 0.5) is 0 Å². The lowest BCUT2D eigenvalue weighted by molar-refractivity contribution is -0.163. The largest absolute Gasteiger partial charge is 0.467 e. The van der Waals surface area contributed by atoms with Gasteiger partial charge in [0.15, 0.2) is 11.2 Å². The van der Waals surface area contributed by atoms with E-state index < -0.39 is 23.3 Å². The van der Waals surface area contributed by atoms with Crippen LogP contribution in [0.15, 0.2) is 12.2 Å². The Kier molecular flexibility index (Phi) is 4.60. The molecule has 0 aliphatic carbocycles. The molecule has 2 atom stereocenters. The van der Waals surface area contributed by atoms with Crippen LogP contribution >= 0.6 is 11.8 Å². The molecule has 8 heteroatoms. The predicted octanol–water partition coefficient (Wildman–Crippen LogP) is 0.360. The molecule has 0 N–H and O–H groups in total. The van der Waals surface area contributed by atoms with Gasteiger partial charge < -0.3 is 4.74 Å². The molecule has 0 bridgehead atoms. The van der Waals surface area contributed by atoms with Crippen molar-refractivity contribution < 1.29 is 23.9 Å². The van der Waals surface area contributed by atoms with E-state index in [1.165, 1.54) is 24.1 Å². The molecule has 7 nitrogen and oxygen atoms in total. The monoisotopic (exact) mass is 326 g/mol. The fourth-order valence-corrected chi connectivity index (χ4v) is 3.36. The summed E-state index contributed by atoms with van der Waals surface area (Å²) in [7, 11) is 1.24. The third kappa shape index (κ3) is 2.63. The van der Waals surface area contributed by atoms with Gasteiger partial charge in [0.25, 0.3) is 11.8 Å². The van der Waals surface area contributed by atoms with E-state index in [0.29, 0.717) is 5.75 Å². The summed E-state index contributed by atoms with van der Waals surface area (Å²) >= 11 is 1.08. The number of thioether (sulfide) groups is 1. The number of methoxy groups -OCH3 is 1. The van der Waals surface area contributed by atoms with Gasteiger partial charge in [0.05, 0.1) is 13.7 Å². The summed E-state index contributed by atoms with van der Waals surface area (Å²) in [6.45, 7) is 3.24. The second-order valence-corrected chi connectivity index (χ2v) is 6.63. The maximum absolute atomic E-state index is 12.7. The summed E-state index contributed by atoms with van der Waals surface area (Å²) in [5.41, 5.74) is -1.25. The van der Waals surface area contributed by atoms with Crippen molar-refractivity contribution in [2.75, 3.05) is 19.4 Å². The number of nitrogens with zero attached hydrogens (tertiary/aromatic N) is 2. The molecule has 2 unspecified atom stereocenters. The van der Waals surface area contributed by atoms with E-state index in [4.69, 9.17) is 4.74 Å². The summed E-state index contributed by atoms with van der Waals surface area (Å²) < 4.78 is 4.69. The Balaban J connectivity index is 2.24. The topological polar surface area (TPSA) is 84.0 Å². The van der Waals surface area contributed by atoms with Crippen LogP contribution in [-0.2, 0) is 23.9 Å². The quantitative estimate of drug-likeness (QED) is 0.421. The van der Waals surface area contributed by atoms with Gasteiger partial charge in [-0.3, -0.25) is 14.4 Å². The van der Waals surface area contributed by atoms with E-state index in [0.717, 1.165) is 11.8 Å². The van der Waals surface area contributed by atoms with Crippen molar-refractivity contribution in [2.45, 2.75) is 26.3 Å². The van der Waals surface area contributed by atoms with Gasteiger partial charge in [-0.15, -0.1) is 0 Å². The third-order valence-corrected chi connectivity index (χ3v) is 4.67. The molecular weight excluding hydrogens is 308 g/mol. The van der Waals surface area contributed by atoms with Gasteiger partial charge in [-0.25, -0.2) is 14.8 Å². The summed E-state index contributed by atoms with van der Waals surface area (Å²) in [5, 5.41) is 2.39. The Hall–Kier alpha value is -1.83. The molecule has 0 saturated carbocycles. The van der Waals surface area contributed by atoms with Crippen molar-refractivity contribution in [1.82, 2.24) is 10.0 Å². The zero-order valence-electron chi connectivity index (χ0n) is 12.7. The van der Waals surface area contributed by atoms with Gasteiger partial charge in [-0.2, -0.15) is 0 Å². The summed E-state index contributed by atoms with van der Waals surface area (Å²) in [4.78, 5) is 48.1. The lowest BCUT2D eigenvalue weighted by Crippen LogP contribution is -2.52. The standard InChI is InChI=1S/C14H18N2O5S/c1-9(17)22-8-6-14(2)12(19)15-7-4-5-10(11(18)21-3)16(15)13(14)20/h4-5,10H,6-8H2,1-3H3. The molecule has 1 fully saturated rings. The van der Waals surface area contributed by atoms with Crippen molar-refractivity contribution in [2.24, 2.45) is 5.41 Å². The first-order chi connectivity index (χ1) is 10.3. The first-order valence-corrected chi connectivity index (χ1v) is 7.85. The maximum atomic E-state index is 12.7. The molecule has 0 aromatic rings. The van der Waals surface area contributed by atoms with Crippen LogP contribution in [0.5, 0.6) is 0 Å². The van der Waals surface area contributed by atoms with E-state index in [9.17, 15) is 19.2 Å². The number of esters is 1. The van der Waals surface area contributed by atoms with Crippen molar-refractivity contribution in [3.05, 3.63) is 12.2 Å². The Bertz CT molecular complexity index is 561. The van der Waals surface area contributed by atoms with Gasteiger partial charge in [0, 0.05) is 12.7 Å². The number of rotatable bonds is 4. The zero-order valence-corrected chi connectivity index (χ0v) is 13.5. The Labute approximate surface area is 132 Å². The highest BCUT2D eigenvalue weighted by Gasteiger charge is 2.57. The zero-order chi connectivity index (χ0) is 16.5. The number of hydrazine groups is 1. The number of amides is 2. The van der Waals surface area contributed by atoms with Crippen LogP contribution in [0.25, 0.3) is 0 Å². The van der Waals surface area contributed by atoms with E-state index in [1.807, 2.05) is 0 Å². The molecule has 120 valence electrons. The summed E-state index contributed by atoms with van der Waals surface area (Å²) in [6, 6.07) is -0.919. The van der Waals surface area contributed by atoms with E-state index in [1.54, 1.807) is 19.1 Å². The highest BCUT2D eigenvalue weighted by Crippen LogP contribution is 2.38. The molecule has 2 amide bonds. The predicted molar refractivity (Wildman–Crippen MR) is 79.4 cm³/mol. The Morgan fingerprint density at radius 1 is 1.41 bits per heavy atom. The molecular formula is C14H18N2O5S. The van der Waals surface area contributed by atoms with Crippen molar-refractivity contribution >= 4 is 34.7 Å². The number of fused-ring (bicyclic) bond motifs is 1. The first kappa shape index (κ1) is 16.5. The molecule has 2 rings (SSSR count). The smallest absolute Gasteiger partial charge is 0.334 e. The average Bonchev–Trinajstić information content (AvgIpc) is 2.68. The summed E-state index contributed by atoms with van der Waals surface area (Å²) in [5.74, 6) is -0.993. The highest BCUT2D eigenvalue weighted by molar-refractivity contribution is 8.13.